The Balaban J connectivity index is 1.53. The van der Waals surface area contributed by atoms with Gasteiger partial charge in [-0.25, -0.2) is 0 Å². The van der Waals surface area contributed by atoms with Crippen LogP contribution in [0.3, 0.4) is 0 Å². The third kappa shape index (κ3) is 3.98. The minimum atomic E-state index is -0.427. The van der Waals surface area contributed by atoms with Gasteiger partial charge in [-0.2, -0.15) is 0 Å². The van der Waals surface area contributed by atoms with Gasteiger partial charge in [-0.05, 0) is 111 Å². The van der Waals surface area contributed by atoms with Crippen molar-refractivity contribution in [2.45, 2.75) is 131 Å². The van der Waals surface area contributed by atoms with E-state index in [1.54, 1.807) is 5.57 Å². The molecule has 0 amide bonds. The molecule has 6 unspecified atom stereocenters. The quantitative estimate of drug-likeness (QED) is 0.403. The monoisotopic (exact) mass is 428 g/mol. The highest BCUT2D eigenvalue weighted by molar-refractivity contribution is 5.27. The minimum Gasteiger partial charge on any atom is -0.390 e. The normalized spacial score (nSPS) is 45.6. The molecular weight excluding hydrogens is 376 g/mol. The summed E-state index contributed by atoms with van der Waals surface area (Å²) in [5.74, 6) is 5.45. The zero-order valence-corrected chi connectivity index (χ0v) is 21.7. The first-order valence-electron chi connectivity index (χ1n) is 14.1. The molecule has 31 heavy (non-hydrogen) atoms. The van der Waals surface area contributed by atoms with Crippen LogP contribution in [0.2, 0.25) is 0 Å². The van der Waals surface area contributed by atoms with E-state index in [1.807, 2.05) is 0 Å². The molecule has 0 radical (unpaired) electrons. The highest BCUT2D eigenvalue weighted by Crippen LogP contribution is 2.68. The first-order chi connectivity index (χ1) is 14.7. The second kappa shape index (κ2) is 8.81. The third-order valence-electron chi connectivity index (χ3n) is 11.5. The van der Waals surface area contributed by atoms with Gasteiger partial charge < -0.3 is 5.11 Å². The SMILES string of the molecule is CCC12CCC3C(CC=C4C[C@](O)(CC)CCC43C)C1CCC2[C@H](C)CCCC(C)C. The van der Waals surface area contributed by atoms with Gasteiger partial charge in [0.25, 0.3) is 0 Å². The molecule has 1 heteroatoms. The van der Waals surface area contributed by atoms with Crippen LogP contribution in [0.25, 0.3) is 0 Å². The molecule has 0 saturated heterocycles. The van der Waals surface area contributed by atoms with Crippen molar-refractivity contribution >= 4 is 0 Å². The molecule has 1 nitrogen and oxygen atoms in total. The second-order valence-electron chi connectivity index (χ2n) is 13.1. The predicted molar refractivity (Wildman–Crippen MR) is 133 cm³/mol. The summed E-state index contributed by atoms with van der Waals surface area (Å²) in [4.78, 5) is 0. The Morgan fingerprint density at radius 1 is 0.968 bits per heavy atom. The molecule has 0 spiro atoms. The molecule has 3 saturated carbocycles. The molecule has 8 atom stereocenters. The molecule has 0 aromatic rings. The van der Waals surface area contributed by atoms with Crippen molar-refractivity contribution in [1.82, 2.24) is 0 Å². The number of hydrogen-bond donors (Lipinski definition) is 1. The summed E-state index contributed by atoms with van der Waals surface area (Å²) in [5, 5.41) is 11.0. The van der Waals surface area contributed by atoms with E-state index in [2.05, 4.69) is 47.6 Å². The summed E-state index contributed by atoms with van der Waals surface area (Å²) in [6, 6.07) is 0. The fourth-order valence-corrected chi connectivity index (χ4v) is 9.47. The van der Waals surface area contributed by atoms with Crippen LogP contribution in [0, 0.1) is 46.3 Å². The molecule has 4 rings (SSSR count). The zero-order valence-electron chi connectivity index (χ0n) is 21.7. The minimum absolute atomic E-state index is 0.366. The Morgan fingerprint density at radius 2 is 1.74 bits per heavy atom. The average Bonchev–Trinajstić information content (AvgIpc) is 3.14. The number of allylic oxidation sites excluding steroid dienone is 1. The summed E-state index contributed by atoms with van der Waals surface area (Å²) in [6.45, 7) is 14.6. The molecule has 3 fully saturated rings. The van der Waals surface area contributed by atoms with Crippen molar-refractivity contribution in [1.29, 1.82) is 0 Å². The van der Waals surface area contributed by atoms with Gasteiger partial charge in [-0.3, -0.25) is 0 Å². The average molecular weight is 429 g/mol. The Hall–Kier alpha value is -0.300. The van der Waals surface area contributed by atoms with Gasteiger partial charge in [0.2, 0.25) is 0 Å². The van der Waals surface area contributed by atoms with Crippen LogP contribution in [0.5, 0.6) is 0 Å². The third-order valence-corrected chi connectivity index (χ3v) is 11.5. The lowest BCUT2D eigenvalue weighted by Gasteiger charge is -2.60. The molecule has 178 valence electrons. The molecule has 0 bridgehead atoms. The Kier molecular flexibility index (Phi) is 6.78. The molecule has 1 N–H and O–H groups in total. The molecule has 0 aromatic heterocycles. The van der Waals surface area contributed by atoms with Gasteiger partial charge in [-0.1, -0.05) is 72.5 Å². The van der Waals surface area contributed by atoms with Gasteiger partial charge in [0.1, 0.15) is 0 Å². The van der Waals surface area contributed by atoms with E-state index in [-0.39, 0.29) is 0 Å². The maximum Gasteiger partial charge on any atom is 0.0682 e. The summed E-state index contributed by atoms with van der Waals surface area (Å²) in [6.07, 6.45) is 19.6. The van der Waals surface area contributed by atoms with E-state index in [1.165, 1.54) is 64.2 Å². The van der Waals surface area contributed by atoms with E-state index in [0.29, 0.717) is 10.8 Å². The lowest BCUT2D eigenvalue weighted by Crippen LogP contribution is -2.53. The van der Waals surface area contributed by atoms with E-state index >= 15 is 0 Å². The van der Waals surface area contributed by atoms with Gasteiger partial charge >= 0.3 is 0 Å². The van der Waals surface area contributed by atoms with E-state index in [0.717, 1.165) is 54.8 Å². The van der Waals surface area contributed by atoms with Crippen LogP contribution in [0.15, 0.2) is 11.6 Å². The maximum absolute atomic E-state index is 11.0. The van der Waals surface area contributed by atoms with Gasteiger partial charge in [0, 0.05) is 0 Å². The van der Waals surface area contributed by atoms with Crippen LogP contribution in [-0.4, -0.2) is 10.7 Å². The van der Waals surface area contributed by atoms with Crippen LogP contribution in [0.4, 0.5) is 0 Å². The smallest absolute Gasteiger partial charge is 0.0682 e. The van der Waals surface area contributed by atoms with Crippen LogP contribution in [-0.2, 0) is 0 Å². The number of fused-ring (bicyclic) bond motifs is 5. The first kappa shape index (κ1) is 23.8. The standard InChI is InChI=1S/C30H52O/c1-7-29(31)19-18-28(6)23(20-29)12-13-24-26(28)16-17-30(8-2)25(14-15-27(24)30)22(5)11-9-10-21(3)4/h12,21-22,24-27,31H,7-11,13-20H2,1-6H3/t22-,24?,25?,26?,27?,28?,29+,30?/m1/s1. The summed E-state index contributed by atoms with van der Waals surface area (Å²) in [7, 11) is 0. The fourth-order valence-electron chi connectivity index (χ4n) is 9.47. The first-order valence-corrected chi connectivity index (χ1v) is 14.1. The topological polar surface area (TPSA) is 20.2 Å². The summed E-state index contributed by atoms with van der Waals surface area (Å²) < 4.78 is 0. The lowest BCUT2D eigenvalue weighted by molar-refractivity contribution is -0.0829. The highest BCUT2D eigenvalue weighted by atomic mass is 16.3. The van der Waals surface area contributed by atoms with Gasteiger partial charge in [-0.15, -0.1) is 0 Å². The largest absolute Gasteiger partial charge is 0.390 e. The van der Waals surface area contributed by atoms with Crippen molar-refractivity contribution in [3.8, 4) is 0 Å². The fraction of sp³-hybridized carbons (Fsp3) is 0.933. The molecule has 4 aliphatic carbocycles. The van der Waals surface area contributed by atoms with Crippen LogP contribution < -0.4 is 0 Å². The van der Waals surface area contributed by atoms with Crippen molar-refractivity contribution < 1.29 is 5.11 Å². The Bertz CT molecular complexity index is 663. The van der Waals surface area contributed by atoms with E-state index < -0.39 is 5.60 Å². The van der Waals surface area contributed by atoms with Gasteiger partial charge in [0.05, 0.1) is 5.60 Å². The van der Waals surface area contributed by atoms with E-state index in [4.69, 9.17) is 0 Å². The molecule has 0 aromatic carbocycles. The Morgan fingerprint density at radius 3 is 2.42 bits per heavy atom. The number of rotatable bonds is 7. The van der Waals surface area contributed by atoms with Crippen LogP contribution >= 0.6 is 0 Å². The van der Waals surface area contributed by atoms with Crippen molar-refractivity contribution in [2.75, 3.05) is 0 Å². The zero-order chi connectivity index (χ0) is 22.4. The highest BCUT2D eigenvalue weighted by Gasteiger charge is 2.60. The molecular formula is C30H52O. The molecule has 0 heterocycles. The van der Waals surface area contributed by atoms with E-state index in [9.17, 15) is 5.11 Å². The predicted octanol–water partition coefficient (Wildman–Crippen LogP) is 8.56. The van der Waals surface area contributed by atoms with Crippen molar-refractivity contribution in [3.63, 3.8) is 0 Å². The van der Waals surface area contributed by atoms with Crippen molar-refractivity contribution in [3.05, 3.63) is 11.6 Å². The second-order valence-corrected chi connectivity index (χ2v) is 13.1. The van der Waals surface area contributed by atoms with Crippen LogP contribution in [0.1, 0.15) is 125 Å². The number of aliphatic hydroxyl groups is 1. The summed E-state index contributed by atoms with van der Waals surface area (Å²) >= 11 is 0. The Labute approximate surface area is 193 Å². The molecule has 0 aliphatic heterocycles. The van der Waals surface area contributed by atoms with Crippen molar-refractivity contribution in [2.24, 2.45) is 46.3 Å². The lowest BCUT2D eigenvalue weighted by atomic mass is 9.45. The number of hydrogen-bond acceptors (Lipinski definition) is 1. The summed E-state index contributed by atoms with van der Waals surface area (Å²) in [5.41, 5.74) is 2.19. The van der Waals surface area contributed by atoms with Gasteiger partial charge in [0.15, 0.2) is 0 Å². The maximum atomic E-state index is 11.0. The molecule has 4 aliphatic rings.